The summed E-state index contributed by atoms with van der Waals surface area (Å²) in [6.07, 6.45) is 10.6. The lowest BCUT2D eigenvalue weighted by molar-refractivity contribution is -0.132. The average molecular weight is 330 g/mol. The van der Waals surface area contributed by atoms with E-state index < -0.39 is 11.5 Å². The standard InChI is InChI=1S/C20H30N2O2/c1-7-9-16(8-2)10-11-20(12-13-20)19(24)22-17(14(3)4)18(23)21-15(5)6/h7-11,14-15,17H,1-2,12-13H2,3-6H3,(H,21,23)(H,22,24). The van der Waals surface area contributed by atoms with Gasteiger partial charge in [0.25, 0.3) is 0 Å². The van der Waals surface area contributed by atoms with Gasteiger partial charge in [0, 0.05) is 6.04 Å². The zero-order valence-corrected chi connectivity index (χ0v) is 15.3. The first-order valence-corrected chi connectivity index (χ1v) is 8.51. The molecule has 0 heterocycles. The number of rotatable bonds is 9. The van der Waals surface area contributed by atoms with Gasteiger partial charge in [-0.15, -0.1) is 0 Å². The van der Waals surface area contributed by atoms with Crippen LogP contribution in [0.5, 0.6) is 0 Å². The van der Waals surface area contributed by atoms with E-state index in [4.69, 9.17) is 0 Å². The lowest BCUT2D eigenvalue weighted by Gasteiger charge is -2.24. The third-order valence-electron chi connectivity index (χ3n) is 4.05. The van der Waals surface area contributed by atoms with Gasteiger partial charge in [-0.25, -0.2) is 0 Å². The second-order valence-electron chi connectivity index (χ2n) is 6.95. The lowest BCUT2D eigenvalue weighted by atomic mass is 9.99. The van der Waals surface area contributed by atoms with Gasteiger partial charge in [0.05, 0.1) is 5.41 Å². The summed E-state index contributed by atoms with van der Waals surface area (Å²) in [5, 5.41) is 5.80. The molecular weight excluding hydrogens is 300 g/mol. The number of hydrogen-bond acceptors (Lipinski definition) is 2. The highest BCUT2D eigenvalue weighted by Crippen LogP contribution is 2.47. The van der Waals surface area contributed by atoms with Crippen molar-refractivity contribution in [1.82, 2.24) is 10.6 Å². The molecule has 1 aliphatic carbocycles. The molecule has 0 aliphatic heterocycles. The molecule has 0 aromatic carbocycles. The van der Waals surface area contributed by atoms with E-state index in [0.29, 0.717) is 0 Å². The van der Waals surface area contributed by atoms with Crippen molar-refractivity contribution >= 4 is 11.8 Å². The predicted molar refractivity (Wildman–Crippen MR) is 99.3 cm³/mol. The van der Waals surface area contributed by atoms with Crippen LogP contribution in [0.4, 0.5) is 0 Å². The average Bonchev–Trinajstić information content (AvgIpc) is 3.28. The van der Waals surface area contributed by atoms with Gasteiger partial charge in [0.15, 0.2) is 0 Å². The Morgan fingerprint density at radius 1 is 1.08 bits per heavy atom. The van der Waals surface area contributed by atoms with Crippen LogP contribution in [0.3, 0.4) is 0 Å². The molecule has 0 spiro atoms. The molecule has 0 bridgehead atoms. The molecule has 2 amide bonds. The molecule has 2 N–H and O–H groups in total. The molecule has 1 fully saturated rings. The molecule has 1 saturated carbocycles. The highest BCUT2D eigenvalue weighted by Gasteiger charge is 2.48. The summed E-state index contributed by atoms with van der Waals surface area (Å²) in [5.41, 5.74) is 0.399. The van der Waals surface area contributed by atoms with Gasteiger partial charge in [-0.3, -0.25) is 9.59 Å². The molecule has 0 aromatic rings. The van der Waals surface area contributed by atoms with Crippen LogP contribution >= 0.6 is 0 Å². The van der Waals surface area contributed by atoms with Crippen molar-refractivity contribution in [2.75, 3.05) is 0 Å². The fraction of sp³-hybridized carbons (Fsp3) is 0.500. The van der Waals surface area contributed by atoms with Crippen molar-refractivity contribution in [3.63, 3.8) is 0 Å². The molecule has 4 nitrogen and oxygen atoms in total. The lowest BCUT2D eigenvalue weighted by Crippen LogP contribution is -2.52. The van der Waals surface area contributed by atoms with E-state index in [2.05, 4.69) is 23.8 Å². The maximum Gasteiger partial charge on any atom is 0.243 e. The van der Waals surface area contributed by atoms with Crippen LogP contribution in [0, 0.1) is 11.3 Å². The quantitative estimate of drug-likeness (QED) is 0.637. The SMILES string of the molecule is C=CC=C(C=C)C=CC1(C(=O)NC(C(=O)NC(C)C)C(C)C)CC1. The number of allylic oxidation sites excluding steroid dienone is 5. The minimum Gasteiger partial charge on any atom is -0.352 e. The molecule has 1 rings (SSSR count). The van der Waals surface area contributed by atoms with Crippen LogP contribution in [-0.2, 0) is 9.59 Å². The molecule has 0 saturated heterocycles. The monoisotopic (exact) mass is 330 g/mol. The Morgan fingerprint density at radius 3 is 2.12 bits per heavy atom. The third-order valence-corrected chi connectivity index (χ3v) is 4.05. The van der Waals surface area contributed by atoms with E-state index in [-0.39, 0.29) is 23.8 Å². The summed E-state index contributed by atoms with van der Waals surface area (Å²) < 4.78 is 0. The van der Waals surface area contributed by atoms with Crippen molar-refractivity contribution < 1.29 is 9.59 Å². The normalized spacial score (nSPS) is 17.7. The van der Waals surface area contributed by atoms with E-state index in [1.165, 1.54) is 0 Å². The van der Waals surface area contributed by atoms with E-state index >= 15 is 0 Å². The predicted octanol–water partition coefficient (Wildman–Crippen LogP) is 3.29. The van der Waals surface area contributed by atoms with Crippen molar-refractivity contribution in [3.05, 3.63) is 49.1 Å². The van der Waals surface area contributed by atoms with E-state index in [9.17, 15) is 9.59 Å². The van der Waals surface area contributed by atoms with E-state index in [0.717, 1.165) is 18.4 Å². The van der Waals surface area contributed by atoms with Gasteiger partial charge in [-0.05, 0) is 38.2 Å². The number of amides is 2. The van der Waals surface area contributed by atoms with Crippen LogP contribution < -0.4 is 10.6 Å². The third kappa shape index (κ3) is 5.52. The van der Waals surface area contributed by atoms with Crippen LogP contribution in [0.2, 0.25) is 0 Å². The minimum absolute atomic E-state index is 0.0249. The molecule has 0 aromatic heterocycles. The first-order chi connectivity index (χ1) is 11.3. The van der Waals surface area contributed by atoms with E-state index in [1.54, 1.807) is 12.2 Å². The van der Waals surface area contributed by atoms with Crippen LogP contribution in [0.1, 0.15) is 40.5 Å². The molecule has 1 unspecified atom stereocenters. The minimum atomic E-state index is -0.520. The molecular formula is C20H30N2O2. The summed E-state index contributed by atoms with van der Waals surface area (Å²) in [6.45, 7) is 15.1. The Balaban J connectivity index is 2.82. The molecule has 4 heteroatoms. The van der Waals surface area contributed by atoms with Gasteiger partial charge in [-0.1, -0.05) is 57.4 Å². The maximum atomic E-state index is 12.7. The number of nitrogens with one attached hydrogen (secondary N) is 2. The Bertz CT molecular complexity index is 552. The van der Waals surface area contributed by atoms with Gasteiger partial charge < -0.3 is 10.6 Å². The number of carbonyl (C=O) groups is 2. The van der Waals surface area contributed by atoms with Crippen molar-refractivity contribution in [1.29, 1.82) is 0 Å². The molecule has 132 valence electrons. The fourth-order valence-electron chi connectivity index (χ4n) is 2.38. The number of carbonyl (C=O) groups excluding carboxylic acids is 2. The van der Waals surface area contributed by atoms with Crippen molar-refractivity contribution in [3.8, 4) is 0 Å². The summed E-state index contributed by atoms with van der Waals surface area (Å²) >= 11 is 0. The Labute approximate surface area is 145 Å². The first-order valence-electron chi connectivity index (χ1n) is 8.51. The molecule has 24 heavy (non-hydrogen) atoms. The number of hydrogen-bond donors (Lipinski definition) is 2. The highest BCUT2D eigenvalue weighted by atomic mass is 16.2. The zero-order chi connectivity index (χ0) is 18.3. The topological polar surface area (TPSA) is 58.2 Å². The summed E-state index contributed by atoms with van der Waals surface area (Å²) in [6, 6.07) is -0.474. The molecule has 1 atom stereocenters. The van der Waals surface area contributed by atoms with Gasteiger partial charge in [-0.2, -0.15) is 0 Å². The maximum absolute atomic E-state index is 12.7. The van der Waals surface area contributed by atoms with Crippen molar-refractivity contribution in [2.45, 2.75) is 52.6 Å². The van der Waals surface area contributed by atoms with Crippen LogP contribution in [0.15, 0.2) is 49.1 Å². The second kappa shape index (κ2) is 8.67. The highest BCUT2D eigenvalue weighted by molar-refractivity contribution is 5.93. The first kappa shape index (κ1) is 19.9. The zero-order valence-electron chi connectivity index (χ0n) is 15.3. The Hall–Kier alpha value is -2.10. The Kier molecular flexibility index (Phi) is 7.20. The van der Waals surface area contributed by atoms with Gasteiger partial charge in [0.1, 0.15) is 6.04 Å². The second-order valence-corrected chi connectivity index (χ2v) is 6.95. The smallest absolute Gasteiger partial charge is 0.243 e. The van der Waals surface area contributed by atoms with Crippen LogP contribution in [0.25, 0.3) is 0 Å². The van der Waals surface area contributed by atoms with Gasteiger partial charge >= 0.3 is 0 Å². The largest absolute Gasteiger partial charge is 0.352 e. The molecule has 0 radical (unpaired) electrons. The fourth-order valence-corrected chi connectivity index (χ4v) is 2.38. The van der Waals surface area contributed by atoms with Crippen molar-refractivity contribution in [2.24, 2.45) is 11.3 Å². The Morgan fingerprint density at radius 2 is 1.71 bits per heavy atom. The van der Waals surface area contributed by atoms with Crippen LogP contribution in [-0.4, -0.2) is 23.9 Å². The van der Waals surface area contributed by atoms with Gasteiger partial charge in [0.2, 0.25) is 11.8 Å². The summed E-state index contributed by atoms with van der Waals surface area (Å²) in [5.74, 6) is -0.193. The molecule has 1 aliphatic rings. The summed E-state index contributed by atoms with van der Waals surface area (Å²) in [4.78, 5) is 25.0. The van der Waals surface area contributed by atoms with E-state index in [1.807, 2.05) is 45.9 Å². The summed E-state index contributed by atoms with van der Waals surface area (Å²) in [7, 11) is 0.